The van der Waals surface area contributed by atoms with Crippen LogP contribution in [0.15, 0.2) is 36.4 Å². The van der Waals surface area contributed by atoms with Gasteiger partial charge in [0.1, 0.15) is 0 Å². The van der Waals surface area contributed by atoms with Crippen molar-refractivity contribution >= 4 is 16.9 Å². The van der Waals surface area contributed by atoms with Gasteiger partial charge in [-0.3, -0.25) is 0 Å². The smallest absolute Gasteiger partial charge is 0.338 e. The number of rotatable bonds is 4. The van der Waals surface area contributed by atoms with Crippen molar-refractivity contribution in [3.05, 3.63) is 47.7 Å². The number of aromatic nitrogens is 1. The topological polar surface area (TPSA) is 53.1 Å². The summed E-state index contributed by atoms with van der Waals surface area (Å²) in [6.07, 6.45) is 1.48. The van der Waals surface area contributed by atoms with Gasteiger partial charge in [0.25, 0.3) is 0 Å². The summed E-state index contributed by atoms with van der Waals surface area (Å²) >= 11 is 0. The van der Waals surface area contributed by atoms with Gasteiger partial charge in [-0.2, -0.15) is 0 Å². The van der Waals surface area contributed by atoms with E-state index in [1.165, 1.54) is 0 Å². The maximum Gasteiger partial charge on any atom is 0.338 e. The van der Waals surface area contributed by atoms with Crippen LogP contribution in [0.5, 0.6) is 0 Å². The Labute approximate surface area is 99.8 Å². The van der Waals surface area contributed by atoms with Crippen LogP contribution >= 0.6 is 0 Å². The van der Waals surface area contributed by atoms with E-state index in [1.54, 1.807) is 0 Å². The molecular weight excluding hydrogens is 214 g/mol. The molecular formula is C14H15NO2. The minimum atomic E-state index is -0.876. The quantitative estimate of drug-likeness (QED) is 0.790. The van der Waals surface area contributed by atoms with Gasteiger partial charge in [-0.25, -0.2) is 4.79 Å². The molecule has 0 atom stereocenters. The summed E-state index contributed by atoms with van der Waals surface area (Å²) in [4.78, 5) is 14.5. The van der Waals surface area contributed by atoms with Gasteiger partial charge in [-0.1, -0.05) is 23.8 Å². The van der Waals surface area contributed by atoms with Crippen LogP contribution in [0.2, 0.25) is 0 Å². The predicted octanol–water partition coefficient (Wildman–Crippen LogP) is 3.37. The van der Waals surface area contributed by atoms with Crippen LogP contribution in [0.3, 0.4) is 0 Å². The van der Waals surface area contributed by atoms with Crippen LogP contribution in [0.1, 0.15) is 29.4 Å². The lowest BCUT2D eigenvalue weighted by Gasteiger charge is -2.00. The van der Waals surface area contributed by atoms with Gasteiger partial charge in [0.2, 0.25) is 0 Å². The molecule has 0 saturated heterocycles. The third-order valence-corrected chi connectivity index (χ3v) is 2.80. The normalized spacial score (nSPS) is 10.6. The summed E-state index contributed by atoms with van der Waals surface area (Å²) in [5.74, 6) is -0.876. The molecule has 1 heterocycles. The number of aromatic carboxylic acids is 1. The number of nitrogens with one attached hydrogen (secondary N) is 1. The highest BCUT2D eigenvalue weighted by Crippen LogP contribution is 2.23. The van der Waals surface area contributed by atoms with Gasteiger partial charge in [0.15, 0.2) is 0 Å². The highest BCUT2D eigenvalue weighted by atomic mass is 16.4. The van der Waals surface area contributed by atoms with E-state index in [1.807, 2.05) is 31.2 Å². The Bertz CT molecular complexity index is 581. The number of benzene rings is 1. The Morgan fingerprint density at radius 2 is 2.12 bits per heavy atom. The Kier molecular flexibility index (Phi) is 3.00. The Balaban J connectivity index is 2.50. The second-order valence-electron chi connectivity index (χ2n) is 4.29. The third-order valence-electron chi connectivity index (χ3n) is 2.80. The number of para-hydroxylation sites is 1. The van der Waals surface area contributed by atoms with Crippen LogP contribution in [-0.2, 0) is 6.42 Å². The lowest BCUT2D eigenvalue weighted by Crippen LogP contribution is -2.00. The average Bonchev–Trinajstić information content (AvgIpc) is 2.64. The first-order valence-electron chi connectivity index (χ1n) is 5.57. The molecule has 17 heavy (non-hydrogen) atoms. The van der Waals surface area contributed by atoms with Crippen molar-refractivity contribution in [2.75, 3.05) is 0 Å². The van der Waals surface area contributed by atoms with E-state index in [2.05, 4.69) is 11.6 Å². The summed E-state index contributed by atoms with van der Waals surface area (Å²) in [6.45, 7) is 5.78. The Morgan fingerprint density at radius 3 is 2.76 bits per heavy atom. The van der Waals surface area contributed by atoms with E-state index in [0.717, 1.165) is 28.6 Å². The molecule has 2 aromatic rings. The Morgan fingerprint density at radius 1 is 1.41 bits per heavy atom. The number of carboxylic acids is 1. The van der Waals surface area contributed by atoms with Crippen molar-refractivity contribution in [1.29, 1.82) is 0 Å². The number of aryl methyl sites for hydroxylation is 1. The molecule has 0 bridgehead atoms. The molecule has 0 aliphatic heterocycles. The molecule has 0 aliphatic carbocycles. The van der Waals surface area contributed by atoms with E-state index >= 15 is 0 Å². The van der Waals surface area contributed by atoms with Crippen LogP contribution in [-0.4, -0.2) is 16.1 Å². The summed E-state index contributed by atoms with van der Waals surface area (Å²) in [5.41, 5.74) is 3.10. The fraction of sp³-hybridized carbons (Fsp3) is 0.214. The molecule has 3 heteroatoms. The number of fused-ring (bicyclic) bond motifs is 1. The van der Waals surface area contributed by atoms with Crippen molar-refractivity contribution in [1.82, 2.24) is 4.98 Å². The maximum atomic E-state index is 11.3. The van der Waals surface area contributed by atoms with E-state index in [4.69, 9.17) is 0 Å². The van der Waals surface area contributed by atoms with E-state index in [9.17, 15) is 9.90 Å². The fourth-order valence-corrected chi connectivity index (χ4v) is 1.97. The monoisotopic (exact) mass is 229 g/mol. The average molecular weight is 229 g/mol. The number of aromatic amines is 1. The maximum absolute atomic E-state index is 11.3. The standard InChI is InChI=1S/C14H15NO2/c1-9(2)7-8-12-13(14(16)17)10-5-3-4-6-11(10)15-12/h3-6,15H,1,7-8H2,2H3,(H,16,17). The summed E-state index contributed by atoms with van der Waals surface area (Å²) in [5, 5.41) is 10.1. The van der Waals surface area contributed by atoms with Crippen LogP contribution < -0.4 is 0 Å². The zero-order chi connectivity index (χ0) is 12.4. The number of hydrogen-bond acceptors (Lipinski definition) is 1. The molecule has 2 rings (SSSR count). The van der Waals surface area contributed by atoms with Gasteiger partial charge < -0.3 is 10.1 Å². The number of hydrogen-bond donors (Lipinski definition) is 2. The first-order chi connectivity index (χ1) is 8.09. The number of carboxylic acid groups (broad SMARTS) is 1. The lowest BCUT2D eigenvalue weighted by atomic mass is 10.1. The first kappa shape index (κ1) is 11.5. The van der Waals surface area contributed by atoms with Gasteiger partial charge >= 0.3 is 5.97 Å². The summed E-state index contributed by atoms with van der Waals surface area (Å²) < 4.78 is 0. The van der Waals surface area contributed by atoms with Crippen molar-refractivity contribution in [3.8, 4) is 0 Å². The second-order valence-corrected chi connectivity index (χ2v) is 4.29. The van der Waals surface area contributed by atoms with Crippen LogP contribution in [0.25, 0.3) is 10.9 Å². The molecule has 0 unspecified atom stereocenters. The zero-order valence-corrected chi connectivity index (χ0v) is 9.79. The highest BCUT2D eigenvalue weighted by Gasteiger charge is 2.16. The lowest BCUT2D eigenvalue weighted by molar-refractivity contribution is 0.0698. The van der Waals surface area contributed by atoms with Crippen molar-refractivity contribution in [3.63, 3.8) is 0 Å². The van der Waals surface area contributed by atoms with Crippen LogP contribution in [0, 0.1) is 0 Å². The van der Waals surface area contributed by atoms with Gasteiger partial charge in [0, 0.05) is 16.6 Å². The molecule has 0 spiro atoms. The van der Waals surface area contributed by atoms with Crippen molar-refractivity contribution < 1.29 is 9.90 Å². The van der Waals surface area contributed by atoms with Crippen molar-refractivity contribution in [2.45, 2.75) is 19.8 Å². The predicted molar refractivity (Wildman–Crippen MR) is 68.4 cm³/mol. The van der Waals surface area contributed by atoms with Crippen molar-refractivity contribution in [2.24, 2.45) is 0 Å². The molecule has 0 fully saturated rings. The molecule has 0 aliphatic rings. The minimum absolute atomic E-state index is 0.391. The number of carbonyl (C=O) groups is 1. The van der Waals surface area contributed by atoms with Gasteiger partial charge in [-0.05, 0) is 25.8 Å². The zero-order valence-electron chi connectivity index (χ0n) is 9.79. The third kappa shape index (κ3) is 2.23. The van der Waals surface area contributed by atoms with Gasteiger partial charge in [0.05, 0.1) is 5.56 Å². The molecule has 2 N–H and O–H groups in total. The van der Waals surface area contributed by atoms with E-state index in [-0.39, 0.29) is 0 Å². The highest BCUT2D eigenvalue weighted by molar-refractivity contribution is 6.04. The molecule has 1 aromatic heterocycles. The summed E-state index contributed by atoms with van der Waals surface area (Å²) in [6, 6.07) is 7.48. The molecule has 0 amide bonds. The molecule has 1 aromatic carbocycles. The Hall–Kier alpha value is -2.03. The first-order valence-corrected chi connectivity index (χ1v) is 5.57. The molecule has 0 radical (unpaired) electrons. The largest absolute Gasteiger partial charge is 0.478 e. The molecule has 3 nitrogen and oxygen atoms in total. The molecule has 0 saturated carbocycles. The van der Waals surface area contributed by atoms with E-state index < -0.39 is 5.97 Å². The van der Waals surface area contributed by atoms with Crippen LogP contribution in [0.4, 0.5) is 0 Å². The second kappa shape index (κ2) is 4.45. The molecule has 88 valence electrons. The SMILES string of the molecule is C=C(C)CCc1[nH]c2ccccc2c1C(=O)O. The van der Waals surface area contributed by atoms with Gasteiger partial charge in [-0.15, -0.1) is 6.58 Å². The number of allylic oxidation sites excluding steroid dienone is 1. The van der Waals surface area contributed by atoms with E-state index in [0.29, 0.717) is 12.0 Å². The summed E-state index contributed by atoms with van der Waals surface area (Å²) in [7, 11) is 0. The minimum Gasteiger partial charge on any atom is -0.478 e. The fourth-order valence-electron chi connectivity index (χ4n) is 1.97. The number of H-pyrrole nitrogens is 1.